The highest BCUT2D eigenvalue weighted by atomic mass is 19.4. The summed E-state index contributed by atoms with van der Waals surface area (Å²) in [6.45, 7) is 1.40. The van der Waals surface area contributed by atoms with Gasteiger partial charge in [-0.15, -0.1) is 0 Å². The second-order valence-corrected chi connectivity index (χ2v) is 5.16. The first kappa shape index (κ1) is 21.5. The predicted octanol–water partition coefficient (Wildman–Crippen LogP) is 5.13. The first-order valence-corrected chi connectivity index (χ1v) is 6.24. The highest BCUT2D eigenvalue weighted by molar-refractivity contribution is 5.26. The number of alkyl halides is 11. The van der Waals surface area contributed by atoms with Gasteiger partial charge < -0.3 is 5.11 Å². The Morgan fingerprint density at radius 1 is 0.680 bits per heavy atom. The third-order valence-corrected chi connectivity index (χ3v) is 3.30. The minimum absolute atomic E-state index is 0.375. The van der Waals surface area contributed by atoms with Gasteiger partial charge in [-0.1, -0.05) is 29.8 Å². The topological polar surface area (TPSA) is 20.2 Å². The standard InChI is InChI=1S/C13H9F11O/c1-6-2-4-7(5-3-6)8(25)9(14,15)10(16,17)11(18,19)12(20,21)13(22,23)24/h2-5,8,25H,1H3. The zero-order valence-electron chi connectivity index (χ0n) is 12.0. The molecule has 1 aromatic rings. The highest BCUT2D eigenvalue weighted by Gasteiger charge is 2.88. The van der Waals surface area contributed by atoms with Crippen LogP contribution in [-0.4, -0.2) is 35.0 Å². The van der Waals surface area contributed by atoms with Crippen LogP contribution in [0.3, 0.4) is 0 Å². The van der Waals surface area contributed by atoms with Gasteiger partial charge >= 0.3 is 29.9 Å². The lowest BCUT2D eigenvalue weighted by atomic mass is 9.91. The SMILES string of the molecule is Cc1ccc(C(O)C(F)(F)C(F)(F)C(F)(F)C(F)(F)C(F)(F)F)cc1. The second kappa shape index (κ2) is 5.99. The Hall–Kier alpha value is -1.59. The van der Waals surface area contributed by atoms with E-state index >= 15 is 0 Å². The van der Waals surface area contributed by atoms with E-state index in [0.29, 0.717) is 17.7 Å². The molecule has 0 amide bonds. The number of hydrogen-bond donors (Lipinski definition) is 1. The molecule has 1 aromatic carbocycles. The molecule has 1 nitrogen and oxygen atoms in total. The smallest absolute Gasteiger partial charge is 0.382 e. The van der Waals surface area contributed by atoms with E-state index in [1.807, 2.05) is 0 Å². The summed E-state index contributed by atoms with van der Waals surface area (Å²) in [5.74, 6) is -28.6. The zero-order chi connectivity index (χ0) is 20.1. The molecule has 0 saturated heterocycles. The Morgan fingerprint density at radius 2 is 1.08 bits per heavy atom. The van der Waals surface area contributed by atoms with Crippen LogP contribution in [0.5, 0.6) is 0 Å². The highest BCUT2D eigenvalue weighted by Crippen LogP contribution is 2.59. The zero-order valence-corrected chi connectivity index (χ0v) is 12.0. The van der Waals surface area contributed by atoms with Gasteiger partial charge in [0.1, 0.15) is 6.10 Å². The van der Waals surface area contributed by atoms with Crippen LogP contribution in [-0.2, 0) is 0 Å². The molecule has 25 heavy (non-hydrogen) atoms. The lowest BCUT2D eigenvalue weighted by Crippen LogP contribution is -2.67. The van der Waals surface area contributed by atoms with Gasteiger partial charge in [0.05, 0.1) is 0 Å². The molecule has 0 aliphatic rings. The summed E-state index contributed by atoms with van der Waals surface area (Å²) in [6.07, 6.45) is -11.0. The number of aryl methyl sites for hydroxylation is 1. The summed E-state index contributed by atoms with van der Waals surface area (Å²) < 4.78 is 141. The van der Waals surface area contributed by atoms with E-state index in [1.165, 1.54) is 6.92 Å². The summed E-state index contributed by atoms with van der Waals surface area (Å²) in [5.41, 5.74) is -0.707. The van der Waals surface area contributed by atoms with Crippen molar-refractivity contribution in [1.29, 1.82) is 0 Å². The number of halogens is 11. The molecule has 12 heteroatoms. The molecule has 0 aliphatic carbocycles. The molecule has 0 saturated carbocycles. The van der Waals surface area contributed by atoms with Crippen molar-refractivity contribution in [2.45, 2.75) is 42.9 Å². The van der Waals surface area contributed by atoms with E-state index in [1.54, 1.807) is 0 Å². The molecule has 0 aliphatic heterocycles. The number of hydrogen-bond acceptors (Lipinski definition) is 1. The molecule has 1 unspecified atom stereocenters. The van der Waals surface area contributed by atoms with Crippen molar-refractivity contribution in [3.63, 3.8) is 0 Å². The monoisotopic (exact) mass is 390 g/mol. The fraction of sp³-hybridized carbons (Fsp3) is 0.538. The van der Waals surface area contributed by atoms with Crippen LogP contribution < -0.4 is 0 Å². The van der Waals surface area contributed by atoms with Crippen LogP contribution in [0.4, 0.5) is 48.3 Å². The van der Waals surface area contributed by atoms with Crippen molar-refractivity contribution < 1.29 is 53.4 Å². The van der Waals surface area contributed by atoms with Crippen molar-refractivity contribution in [2.24, 2.45) is 0 Å². The Bertz CT molecular complexity index is 603. The Kier molecular flexibility index (Phi) is 5.14. The summed E-state index contributed by atoms with van der Waals surface area (Å²) >= 11 is 0. The summed E-state index contributed by atoms with van der Waals surface area (Å²) in [6, 6.07) is 3.19. The third-order valence-electron chi connectivity index (χ3n) is 3.30. The van der Waals surface area contributed by atoms with Crippen LogP contribution in [0.25, 0.3) is 0 Å². The molecule has 1 atom stereocenters. The molecule has 1 rings (SSSR count). The van der Waals surface area contributed by atoms with Gasteiger partial charge in [0.15, 0.2) is 0 Å². The van der Waals surface area contributed by atoms with E-state index in [9.17, 15) is 53.4 Å². The predicted molar refractivity (Wildman–Crippen MR) is 62.0 cm³/mol. The summed E-state index contributed by atoms with van der Waals surface area (Å²) in [5, 5.41) is 9.22. The maximum Gasteiger partial charge on any atom is 0.460 e. The van der Waals surface area contributed by atoms with Gasteiger partial charge in [-0.25, -0.2) is 0 Å². The van der Waals surface area contributed by atoms with E-state index in [0.717, 1.165) is 12.1 Å². The Balaban J connectivity index is 3.40. The van der Waals surface area contributed by atoms with Crippen LogP contribution in [0, 0.1) is 6.92 Å². The molecule has 0 heterocycles. The second-order valence-electron chi connectivity index (χ2n) is 5.16. The van der Waals surface area contributed by atoms with Gasteiger partial charge in [0, 0.05) is 0 Å². The van der Waals surface area contributed by atoms with Crippen molar-refractivity contribution in [2.75, 3.05) is 0 Å². The number of rotatable bonds is 5. The molecule has 0 aromatic heterocycles. The maximum atomic E-state index is 13.6. The van der Waals surface area contributed by atoms with Crippen molar-refractivity contribution in [3.8, 4) is 0 Å². The molecule has 0 fully saturated rings. The lowest BCUT2D eigenvalue weighted by molar-refractivity contribution is -0.429. The van der Waals surface area contributed by atoms with E-state index < -0.39 is 41.5 Å². The van der Waals surface area contributed by atoms with Crippen molar-refractivity contribution >= 4 is 0 Å². The fourth-order valence-electron chi connectivity index (χ4n) is 1.71. The van der Waals surface area contributed by atoms with Gasteiger partial charge in [-0.2, -0.15) is 48.3 Å². The van der Waals surface area contributed by atoms with Gasteiger partial charge in [0.25, 0.3) is 0 Å². The fourth-order valence-corrected chi connectivity index (χ4v) is 1.71. The molecular weight excluding hydrogens is 381 g/mol. The van der Waals surface area contributed by atoms with Crippen LogP contribution in [0.15, 0.2) is 24.3 Å². The average molecular weight is 390 g/mol. The molecule has 1 N–H and O–H groups in total. The first-order valence-electron chi connectivity index (χ1n) is 6.24. The lowest BCUT2D eigenvalue weighted by Gasteiger charge is -2.38. The van der Waals surface area contributed by atoms with Crippen LogP contribution in [0.1, 0.15) is 17.2 Å². The summed E-state index contributed by atoms with van der Waals surface area (Å²) in [7, 11) is 0. The van der Waals surface area contributed by atoms with Gasteiger partial charge in [-0.05, 0) is 12.5 Å². The molecule has 0 radical (unpaired) electrons. The number of benzene rings is 1. The third kappa shape index (κ3) is 3.15. The van der Waals surface area contributed by atoms with Gasteiger partial charge in [0.2, 0.25) is 0 Å². The van der Waals surface area contributed by atoms with E-state index in [4.69, 9.17) is 0 Å². The molecule has 0 bridgehead atoms. The van der Waals surface area contributed by atoms with Crippen molar-refractivity contribution in [1.82, 2.24) is 0 Å². The minimum Gasteiger partial charge on any atom is -0.382 e. The van der Waals surface area contributed by atoms with E-state index in [2.05, 4.69) is 0 Å². The molecule has 144 valence electrons. The first-order chi connectivity index (χ1) is 10.9. The quantitative estimate of drug-likeness (QED) is 0.691. The van der Waals surface area contributed by atoms with Crippen LogP contribution in [0.2, 0.25) is 0 Å². The maximum absolute atomic E-state index is 13.6. The average Bonchev–Trinajstić information content (AvgIpc) is 2.45. The largest absolute Gasteiger partial charge is 0.460 e. The summed E-state index contributed by atoms with van der Waals surface area (Å²) in [4.78, 5) is 0. The Morgan fingerprint density at radius 3 is 1.44 bits per heavy atom. The molecule has 0 spiro atoms. The minimum atomic E-state index is -7.53. The normalized spacial score (nSPS) is 16.0. The van der Waals surface area contributed by atoms with Crippen LogP contribution >= 0.6 is 0 Å². The number of aliphatic hydroxyl groups excluding tert-OH is 1. The Labute approximate surface area is 133 Å². The number of aliphatic hydroxyl groups is 1. The van der Waals surface area contributed by atoms with E-state index in [-0.39, 0.29) is 0 Å². The van der Waals surface area contributed by atoms with Crippen molar-refractivity contribution in [3.05, 3.63) is 35.4 Å². The van der Waals surface area contributed by atoms with Gasteiger partial charge in [-0.3, -0.25) is 0 Å². The molecular formula is C13H9F11O.